The van der Waals surface area contributed by atoms with Crippen molar-refractivity contribution in [2.24, 2.45) is 0 Å². The van der Waals surface area contributed by atoms with E-state index in [1.807, 2.05) is 7.05 Å². The molecule has 4 heteroatoms. The highest BCUT2D eigenvalue weighted by Gasteiger charge is 2.20. The predicted octanol–water partition coefficient (Wildman–Crippen LogP) is 5.01. The normalized spacial score (nSPS) is 13.4. The molecule has 2 aromatic rings. The summed E-state index contributed by atoms with van der Waals surface area (Å²) < 4.78 is 1.16. The third-order valence-electron chi connectivity index (χ3n) is 3.58. The summed E-state index contributed by atoms with van der Waals surface area (Å²) >= 11 is 5.44. The summed E-state index contributed by atoms with van der Waals surface area (Å²) in [5, 5.41) is 6.79. The van der Waals surface area contributed by atoms with Crippen LogP contribution < -0.4 is 5.32 Å². The first-order chi connectivity index (χ1) is 9.81. The van der Waals surface area contributed by atoms with Crippen molar-refractivity contribution in [1.29, 1.82) is 0 Å². The molecule has 0 aliphatic rings. The van der Waals surface area contributed by atoms with Gasteiger partial charge in [-0.25, -0.2) is 4.98 Å². The van der Waals surface area contributed by atoms with Gasteiger partial charge < -0.3 is 5.32 Å². The van der Waals surface area contributed by atoms with Gasteiger partial charge in [0.15, 0.2) is 0 Å². The van der Waals surface area contributed by atoms with Crippen LogP contribution in [-0.4, -0.2) is 12.0 Å². The van der Waals surface area contributed by atoms with Gasteiger partial charge in [-0.1, -0.05) is 48.8 Å². The van der Waals surface area contributed by atoms with Gasteiger partial charge >= 0.3 is 0 Å². The molecule has 2 nitrogen and oxygen atoms in total. The molecule has 0 radical (unpaired) electrons. The second kappa shape index (κ2) is 6.59. The maximum absolute atomic E-state index is 4.81. The smallest absolute Gasteiger partial charge is 0.0947 e. The molecule has 0 saturated carbocycles. The van der Waals surface area contributed by atoms with Crippen molar-refractivity contribution < 1.29 is 0 Å². The van der Waals surface area contributed by atoms with E-state index in [1.54, 1.807) is 11.3 Å². The lowest BCUT2D eigenvalue weighted by Crippen LogP contribution is -2.19. The fourth-order valence-corrected chi connectivity index (χ4v) is 4.04. The number of halogens is 1. The zero-order valence-corrected chi connectivity index (χ0v) is 15.7. The lowest BCUT2D eigenvalue weighted by Gasteiger charge is -2.18. The Bertz CT molecular complexity index is 613. The van der Waals surface area contributed by atoms with Crippen LogP contribution in [0.1, 0.15) is 48.6 Å². The fourth-order valence-electron chi connectivity index (χ4n) is 2.21. The van der Waals surface area contributed by atoms with Crippen LogP contribution >= 0.6 is 27.3 Å². The Balaban J connectivity index is 2.21. The molecule has 1 aromatic heterocycles. The molecular formula is C17H23BrN2S. The number of benzene rings is 1. The van der Waals surface area contributed by atoms with Crippen molar-refractivity contribution in [2.45, 2.75) is 45.6 Å². The number of aryl methyl sites for hydroxylation is 1. The van der Waals surface area contributed by atoms with Crippen LogP contribution in [0.3, 0.4) is 0 Å². The third kappa shape index (κ3) is 4.15. The van der Waals surface area contributed by atoms with Crippen molar-refractivity contribution in [1.82, 2.24) is 10.3 Å². The van der Waals surface area contributed by atoms with E-state index in [0.717, 1.165) is 10.9 Å². The monoisotopic (exact) mass is 366 g/mol. The third-order valence-corrected chi connectivity index (χ3v) is 5.14. The average molecular weight is 367 g/mol. The summed E-state index contributed by atoms with van der Waals surface area (Å²) in [6.07, 6.45) is 0.916. The van der Waals surface area contributed by atoms with Gasteiger partial charge in [-0.2, -0.15) is 0 Å². The van der Waals surface area contributed by atoms with Crippen molar-refractivity contribution in [3.8, 4) is 0 Å². The number of thiazole rings is 1. The second-order valence-corrected chi connectivity index (χ2v) is 8.24. The quantitative estimate of drug-likeness (QED) is 0.821. The van der Waals surface area contributed by atoms with Crippen LogP contribution in [-0.2, 0) is 11.8 Å². The minimum Gasteiger partial charge on any atom is -0.313 e. The van der Waals surface area contributed by atoms with E-state index in [2.05, 4.69) is 72.5 Å². The molecule has 21 heavy (non-hydrogen) atoms. The number of hydrogen-bond donors (Lipinski definition) is 1. The zero-order valence-electron chi connectivity index (χ0n) is 13.3. The zero-order chi connectivity index (χ0) is 15.6. The molecule has 0 aliphatic heterocycles. The van der Waals surface area contributed by atoms with Crippen LogP contribution in [0.2, 0.25) is 0 Å². The standard InChI is InChI=1S/C17H23BrN2S/c1-11-6-7-12(13(18)8-11)14(19-5)9-16-20-15(10-21-16)17(2,3)4/h6-8,10,14,19H,9H2,1-5H3. The Labute approximate surface area is 140 Å². The van der Waals surface area contributed by atoms with Gasteiger partial charge in [-0.3, -0.25) is 0 Å². The molecule has 0 bridgehead atoms. The molecule has 0 aliphatic carbocycles. The highest BCUT2D eigenvalue weighted by molar-refractivity contribution is 9.10. The molecule has 0 amide bonds. The number of likely N-dealkylation sites (N-methyl/N-ethyl adjacent to an activating group) is 1. The first-order valence-electron chi connectivity index (χ1n) is 7.19. The highest BCUT2D eigenvalue weighted by atomic mass is 79.9. The number of hydrogen-bond acceptors (Lipinski definition) is 3. The fraction of sp³-hybridized carbons (Fsp3) is 0.471. The first kappa shape index (κ1) is 16.7. The van der Waals surface area contributed by atoms with E-state index in [9.17, 15) is 0 Å². The molecular weight excluding hydrogens is 344 g/mol. The van der Waals surface area contributed by atoms with Crippen molar-refractivity contribution in [3.63, 3.8) is 0 Å². The molecule has 0 fully saturated rings. The largest absolute Gasteiger partial charge is 0.313 e. The van der Waals surface area contributed by atoms with E-state index >= 15 is 0 Å². The van der Waals surface area contributed by atoms with Crippen molar-refractivity contribution in [2.75, 3.05) is 7.05 Å². The van der Waals surface area contributed by atoms with Crippen molar-refractivity contribution >= 4 is 27.3 Å². The van der Waals surface area contributed by atoms with Crippen LogP contribution in [0.25, 0.3) is 0 Å². The number of nitrogens with one attached hydrogen (secondary N) is 1. The van der Waals surface area contributed by atoms with Gasteiger partial charge in [0.2, 0.25) is 0 Å². The Morgan fingerprint density at radius 1 is 1.33 bits per heavy atom. The maximum Gasteiger partial charge on any atom is 0.0947 e. The summed E-state index contributed by atoms with van der Waals surface area (Å²) in [5.41, 5.74) is 3.86. The minimum absolute atomic E-state index is 0.119. The van der Waals surface area contributed by atoms with E-state index < -0.39 is 0 Å². The Morgan fingerprint density at radius 2 is 2.05 bits per heavy atom. The second-order valence-electron chi connectivity index (χ2n) is 6.45. The van der Waals surface area contributed by atoms with Crippen LogP contribution in [0.15, 0.2) is 28.1 Å². The number of aromatic nitrogens is 1. The van der Waals surface area contributed by atoms with E-state index in [1.165, 1.54) is 21.8 Å². The molecule has 1 heterocycles. The lowest BCUT2D eigenvalue weighted by molar-refractivity contribution is 0.559. The average Bonchev–Trinajstić information content (AvgIpc) is 2.85. The number of rotatable bonds is 4. The highest BCUT2D eigenvalue weighted by Crippen LogP contribution is 2.29. The summed E-state index contributed by atoms with van der Waals surface area (Å²) in [4.78, 5) is 4.81. The summed E-state index contributed by atoms with van der Waals surface area (Å²) in [6, 6.07) is 6.80. The van der Waals surface area contributed by atoms with Crippen LogP contribution in [0, 0.1) is 6.92 Å². The minimum atomic E-state index is 0.119. The molecule has 0 saturated heterocycles. The summed E-state index contributed by atoms with van der Waals surface area (Å²) in [6.45, 7) is 8.73. The van der Waals surface area contributed by atoms with E-state index in [-0.39, 0.29) is 11.5 Å². The van der Waals surface area contributed by atoms with Crippen LogP contribution in [0.5, 0.6) is 0 Å². The lowest BCUT2D eigenvalue weighted by atomic mass is 9.93. The molecule has 0 spiro atoms. The SMILES string of the molecule is CNC(Cc1nc(C(C)(C)C)cs1)c1ccc(C)cc1Br. The molecule has 114 valence electrons. The number of nitrogens with zero attached hydrogens (tertiary/aromatic N) is 1. The predicted molar refractivity (Wildman–Crippen MR) is 95.2 cm³/mol. The Hall–Kier alpha value is -0.710. The van der Waals surface area contributed by atoms with Gasteiger partial charge in [-0.05, 0) is 31.2 Å². The van der Waals surface area contributed by atoms with Gasteiger partial charge in [0.1, 0.15) is 0 Å². The Kier molecular flexibility index (Phi) is 5.23. The molecule has 2 rings (SSSR count). The van der Waals surface area contributed by atoms with E-state index in [4.69, 9.17) is 4.98 Å². The topological polar surface area (TPSA) is 24.9 Å². The summed E-state index contributed by atoms with van der Waals surface area (Å²) in [7, 11) is 2.01. The molecule has 1 atom stereocenters. The van der Waals surface area contributed by atoms with Crippen LogP contribution in [0.4, 0.5) is 0 Å². The first-order valence-corrected chi connectivity index (χ1v) is 8.86. The van der Waals surface area contributed by atoms with Gasteiger partial charge in [0.05, 0.1) is 10.7 Å². The maximum atomic E-state index is 4.81. The molecule has 1 N–H and O–H groups in total. The van der Waals surface area contributed by atoms with Gasteiger partial charge in [0, 0.05) is 27.7 Å². The Morgan fingerprint density at radius 3 is 2.57 bits per heavy atom. The summed E-state index contributed by atoms with van der Waals surface area (Å²) in [5.74, 6) is 0. The molecule has 1 aromatic carbocycles. The van der Waals surface area contributed by atoms with E-state index in [0.29, 0.717) is 0 Å². The van der Waals surface area contributed by atoms with Gasteiger partial charge in [-0.15, -0.1) is 11.3 Å². The van der Waals surface area contributed by atoms with Gasteiger partial charge in [0.25, 0.3) is 0 Å². The van der Waals surface area contributed by atoms with Crippen molar-refractivity contribution in [3.05, 3.63) is 49.9 Å². The molecule has 1 unspecified atom stereocenters.